The first-order chi connectivity index (χ1) is 9.61. The summed E-state index contributed by atoms with van der Waals surface area (Å²) in [6.45, 7) is 4.30. The summed E-state index contributed by atoms with van der Waals surface area (Å²) in [6.07, 6.45) is 0.801. The van der Waals surface area contributed by atoms with Crippen molar-refractivity contribution in [3.8, 4) is 11.3 Å². The molecule has 0 aliphatic heterocycles. The average Bonchev–Trinajstić information content (AvgIpc) is 2.72. The van der Waals surface area contributed by atoms with Gasteiger partial charge in [-0.1, -0.05) is 37.3 Å². The van der Waals surface area contributed by atoms with Gasteiger partial charge in [-0.25, -0.2) is 4.79 Å². The van der Waals surface area contributed by atoms with Crippen LogP contribution in [0.5, 0.6) is 0 Å². The van der Waals surface area contributed by atoms with E-state index in [9.17, 15) is 4.79 Å². The Kier molecular flexibility index (Phi) is 4.86. The van der Waals surface area contributed by atoms with E-state index in [2.05, 4.69) is 46.2 Å². The largest absolute Gasteiger partial charge is 0.462 e. The third kappa shape index (κ3) is 2.61. The second-order valence-electron chi connectivity index (χ2n) is 4.49. The van der Waals surface area contributed by atoms with Crippen molar-refractivity contribution in [2.45, 2.75) is 20.3 Å². The molecule has 0 fully saturated rings. The first kappa shape index (κ1) is 15.1. The molecule has 20 heavy (non-hydrogen) atoms. The van der Waals surface area contributed by atoms with Crippen molar-refractivity contribution in [1.29, 1.82) is 0 Å². The fraction of sp³-hybridized carbons (Fsp3) is 0.312. The van der Waals surface area contributed by atoms with Crippen LogP contribution in [0.2, 0.25) is 0 Å². The van der Waals surface area contributed by atoms with E-state index in [1.54, 1.807) is 0 Å². The second-order valence-corrected chi connectivity index (χ2v) is 5.51. The van der Waals surface area contributed by atoms with Gasteiger partial charge < -0.3 is 9.30 Å². The van der Waals surface area contributed by atoms with Crippen LogP contribution in [0.15, 0.2) is 30.3 Å². The summed E-state index contributed by atoms with van der Waals surface area (Å²) in [5.74, 6) is -0.230. The summed E-state index contributed by atoms with van der Waals surface area (Å²) < 4.78 is 8.20. The summed E-state index contributed by atoms with van der Waals surface area (Å²) in [6, 6.07) is 10.2. The Bertz CT molecular complexity index is 617. The van der Waals surface area contributed by atoms with E-state index >= 15 is 0 Å². The minimum Gasteiger partial charge on any atom is -0.462 e. The van der Waals surface area contributed by atoms with Crippen LogP contribution in [0.3, 0.4) is 0 Å². The Hall–Kier alpha value is -1.30. The molecule has 0 N–H and O–H groups in total. The van der Waals surface area contributed by atoms with E-state index in [0.29, 0.717) is 12.2 Å². The minimum absolute atomic E-state index is 0.230. The zero-order chi connectivity index (χ0) is 14.7. The van der Waals surface area contributed by atoms with Crippen molar-refractivity contribution in [1.82, 2.24) is 4.57 Å². The van der Waals surface area contributed by atoms with E-state index in [1.807, 2.05) is 32.2 Å². The highest BCUT2D eigenvalue weighted by Gasteiger charge is 2.25. The molecule has 3 nitrogen and oxygen atoms in total. The molecule has 0 bridgehead atoms. The number of hydrogen-bond donors (Lipinski definition) is 0. The molecule has 1 aromatic carbocycles. The number of esters is 1. The Morgan fingerprint density at radius 2 is 1.90 bits per heavy atom. The first-order valence-electron chi connectivity index (χ1n) is 6.71. The summed E-state index contributed by atoms with van der Waals surface area (Å²) in [7, 11) is 1.99. The lowest BCUT2D eigenvalue weighted by molar-refractivity contribution is 0.0524. The number of carbonyl (C=O) groups excluding carboxylic acids is 1. The molecule has 0 aliphatic rings. The lowest BCUT2D eigenvalue weighted by Crippen LogP contribution is -2.08. The predicted octanol–water partition coefficient (Wildman–Crippen LogP) is 4.04. The van der Waals surface area contributed by atoms with E-state index < -0.39 is 0 Å². The highest BCUT2D eigenvalue weighted by molar-refractivity contribution is 14.1. The molecule has 1 heterocycles. The molecule has 1 aromatic heterocycles. The molecule has 2 aromatic rings. The summed E-state index contributed by atoms with van der Waals surface area (Å²) >= 11 is 2.22. The van der Waals surface area contributed by atoms with Crippen LogP contribution in [0.25, 0.3) is 11.3 Å². The maximum Gasteiger partial charge on any atom is 0.341 e. The molecule has 0 radical (unpaired) electrons. The Morgan fingerprint density at radius 1 is 1.25 bits per heavy atom. The van der Waals surface area contributed by atoms with Gasteiger partial charge in [0.15, 0.2) is 0 Å². The first-order valence-corrected chi connectivity index (χ1v) is 7.79. The Morgan fingerprint density at radius 3 is 2.45 bits per heavy atom. The maximum absolute atomic E-state index is 12.2. The second kappa shape index (κ2) is 6.43. The maximum atomic E-state index is 12.2. The molecule has 0 atom stereocenters. The third-order valence-corrected chi connectivity index (χ3v) is 4.57. The number of ether oxygens (including phenoxy) is 1. The molecule has 0 amide bonds. The monoisotopic (exact) mass is 383 g/mol. The Labute approximate surface area is 133 Å². The standard InChI is InChI=1S/C16H18INO2/c1-4-12-13(16(19)20-5-2)15(17)18(3)14(12)11-9-7-6-8-10-11/h6-10H,4-5H2,1-3H3. The number of halogens is 1. The van der Waals surface area contributed by atoms with Crippen LogP contribution in [0, 0.1) is 3.70 Å². The number of carbonyl (C=O) groups is 1. The molecule has 0 spiro atoms. The zero-order valence-corrected chi connectivity index (χ0v) is 14.1. The van der Waals surface area contributed by atoms with Gasteiger partial charge in [0.05, 0.1) is 21.6 Å². The molecular formula is C16H18INO2. The molecule has 0 aliphatic carbocycles. The van der Waals surface area contributed by atoms with Crippen LogP contribution >= 0.6 is 22.6 Å². The summed E-state index contributed by atoms with van der Waals surface area (Å²) in [5, 5.41) is 0. The minimum atomic E-state index is -0.230. The molecule has 2 rings (SSSR count). The van der Waals surface area contributed by atoms with Gasteiger partial charge >= 0.3 is 5.97 Å². The van der Waals surface area contributed by atoms with Crippen LogP contribution < -0.4 is 0 Å². The lowest BCUT2D eigenvalue weighted by atomic mass is 10.0. The van der Waals surface area contributed by atoms with Crippen molar-refractivity contribution in [3.05, 3.63) is 45.2 Å². The highest BCUT2D eigenvalue weighted by atomic mass is 127. The number of nitrogens with zero attached hydrogens (tertiary/aromatic N) is 1. The molecule has 0 unspecified atom stereocenters. The molecule has 0 saturated carbocycles. The van der Waals surface area contributed by atoms with Gasteiger partial charge in [0.1, 0.15) is 0 Å². The fourth-order valence-corrected chi connectivity index (χ4v) is 3.22. The average molecular weight is 383 g/mol. The third-order valence-electron chi connectivity index (χ3n) is 3.30. The van der Waals surface area contributed by atoms with E-state index in [0.717, 1.165) is 26.9 Å². The normalized spacial score (nSPS) is 10.6. The van der Waals surface area contributed by atoms with E-state index in [-0.39, 0.29) is 5.97 Å². The van der Waals surface area contributed by atoms with Crippen LogP contribution in [-0.4, -0.2) is 17.1 Å². The SMILES string of the molecule is CCOC(=O)c1c(CC)c(-c2ccccc2)n(C)c1I. The molecule has 106 valence electrons. The smallest absolute Gasteiger partial charge is 0.341 e. The van der Waals surface area contributed by atoms with Gasteiger partial charge in [0.25, 0.3) is 0 Å². The van der Waals surface area contributed by atoms with E-state index in [1.165, 1.54) is 0 Å². The Balaban J connectivity index is 2.65. The molecular weight excluding hydrogens is 365 g/mol. The lowest BCUT2D eigenvalue weighted by Gasteiger charge is -2.07. The van der Waals surface area contributed by atoms with Crippen molar-refractivity contribution in [3.63, 3.8) is 0 Å². The highest BCUT2D eigenvalue weighted by Crippen LogP contribution is 2.32. The quantitative estimate of drug-likeness (QED) is 0.590. The number of benzene rings is 1. The zero-order valence-electron chi connectivity index (χ0n) is 11.9. The van der Waals surface area contributed by atoms with Crippen molar-refractivity contribution >= 4 is 28.6 Å². The van der Waals surface area contributed by atoms with Gasteiger partial charge in [-0.2, -0.15) is 0 Å². The van der Waals surface area contributed by atoms with Gasteiger partial charge in [-0.15, -0.1) is 0 Å². The van der Waals surface area contributed by atoms with Crippen LogP contribution in [-0.2, 0) is 18.2 Å². The van der Waals surface area contributed by atoms with Crippen molar-refractivity contribution < 1.29 is 9.53 Å². The van der Waals surface area contributed by atoms with Crippen LogP contribution in [0.1, 0.15) is 29.8 Å². The molecule has 0 saturated heterocycles. The fourth-order valence-electron chi connectivity index (χ4n) is 2.43. The number of aromatic nitrogens is 1. The molecule has 4 heteroatoms. The number of rotatable bonds is 4. The van der Waals surface area contributed by atoms with Gasteiger partial charge in [-0.3, -0.25) is 0 Å². The van der Waals surface area contributed by atoms with E-state index in [4.69, 9.17) is 4.74 Å². The van der Waals surface area contributed by atoms with Crippen LogP contribution in [0.4, 0.5) is 0 Å². The van der Waals surface area contributed by atoms with Crippen molar-refractivity contribution in [2.24, 2.45) is 7.05 Å². The predicted molar refractivity (Wildman–Crippen MR) is 88.9 cm³/mol. The van der Waals surface area contributed by atoms with Crippen molar-refractivity contribution in [2.75, 3.05) is 6.61 Å². The summed E-state index contributed by atoms with van der Waals surface area (Å²) in [5.41, 5.74) is 3.98. The van der Waals surface area contributed by atoms with Gasteiger partial charge in [-0.05, 0) is 47.1 Å². The number of hydrogen-bond acceptors (Lipinski definition) is 2. The topological polar surface area (TPSA) is 31.2 Å². The summed E-state index contributed by atoms with van der Waals surface area (Å²) in [4.78, 5) is 12.2. The van der Waals surface area contributed by atoms with Gasteiger partial charge in [0, 0.05) is 7.05 Å². The van der Waals surface area contributed by atoms with Gasteiger partial charge in [0.2, 0.25) is 0 Å².